The number of sulfonamides is 1. The molecule has 182 valence electrons. The number of nitrogens with zero attached hydrogens (tertiary/aromatic N) is 2. The fraction of sp³-hybridized carbons (Fsp3) is 0.296. The first-order chi connectivity index (χ1) is 17.0. The summed E-state index contributed by atoms with van der Waals surface area (Å²) in [6.07, 6.45) is 2.76. The van der Waals surface area contributed by atoms with E-state index in [4.69, 9.17) is 0 Å². The third kappa shape index (κ3) is 6.01. The first-order valence-corrected chi connectivity index (χ1v) is 13.5. The highest BCUT2D eigenvalue weighted by Crippen LogP contribution is 2.30. The van der Waals surface area contributed by atoms with Gasteiger partial charge < -0.3 is 10.2 Å². The Balaban J connectivity index is 1.20. The van der Waals surface area contributed by atoms with E-state index < -0.39 is 10.0 Å². The average Bonchev–Trinajstić information content (AvgIpc) is 3.69. The lowest BCUT2D eigenvalue weighted by atomic mass is 10.2. The van der Waals surface area contributed by atoms with E-state index in [1.807, 2.05) is 24.3 Å². The van der Waals surface area contributed by atoms with Crippen LogP contribution in [-0.2, 0) is 10.0 Å². The molecule has 2 N–H and O–H groups in total. The van der Waals surface area contributed by atoms with E-state index in [1.165, 1.54) is 43.7 Å². The molecule has 3 aromatic rings. The number of hydrogen-bond acceptors (Lipinski definition) is 5. The zero-order chi connectivity index (χ0) is 24.3. The molecule has 7 nitrogen and oxygen atoms in total. The molecule has 8 heteroatoms. The molecule has 0 bridgehead atoms. The van der Waals surface area contributed by atoms with Crippen molar-refractivity contribution >= 4 is 33.0 Å². The van der Waals surface area contributed by atoms with Crippen LogP contribution in [0.4, 0.5) is 17.1 Å². The molecule has 2 fully saturated rings. The van der Waals surface area contributed by atoms with E-state index in [0.717, 1.165) is 43.5 Å². The molecule has 3 aromatic carbocycles. The van der Waals surface area contributed by atoms with Gasteiger partial charge >= 0.3 is 0 Å². The zero-order valence-corrected chi connectivity index (χ0v) is 20.4. The van der Waals surface area contributed by atoms with Crippen LogP contribution in [0.3, 0.4) is 0 Å². The molecule has 1 saturated heterocycles. The van der Waals surface area contributed by atoms with Crippen molar-refractivity contribution in [3.63, 3.8) is 0 Å². The van der Waals surface area contributed by atoms with Crippen LogP contribution in [0.2, 0.25) is 0 Å². The van der Waals surface area contributed by atoms with Crippen molar-refractivity contribution in [2.24, 2.45) is 5.92 Å². The Morgan fingerprint density at radius 2 is 1.51 bits per heavy atom. The maximum Gasteiger partial charge on any atom is 0.261 e. The standard InChI is InChI=1S/C27H30N4O3S/c32-27(22-11-13-26(14-12-22)35(33,34)29-23-5-2-1-3-6-23)28-24-7-4-8-25(19-24)31-17-15-30(16-18-31)20-21-9-10-21/h1-8,11-14,19,21,29H,9-10,15-18,20H2,(H,28,32). The van der Waals surface area contributed by atoms with E-state index in [9.17, 15) is 13.2 Å². The zero-order valence-electron chi connectivity index (χ0n) is 19.6. The summed E-state index contributed by atoms with van der Waals surface area (Å²) in [6, 6.07) is 22.5. The minimum atomic E-state index is -3.73. The summed E-state index contributed by atoms with van der Waals surface area (Å²) in [5.41, 5.74) is 2.69. The Hall–Kier alpha value is -3.36. The number of hydrogen-bond donors (Lipinski definition) is 2. The summed E-state index contributed by atoms with van der Waals surface area (Å²) in [4.78, 5) is 17.8. The van der Waals surface area contributed by atoms with Gasteiger partial charge in [0.05, 0.1) is 4.90 Å². The van der Waals surface area contributed by atoms with Gasteiger partial charge in [-0.15, -0.1) is 0 Å². The summed E-state index contributed by atoms with van der Waals surface area (Å²) in [6.45, 7) is 5.34. The van der Waals surface area contributed by atoms with Crippen LogP contribution < -0.4 is 14.9 Å². The average molecular weight is 491 g/mol. The van der Waals surface area contributed by atoms with Gasteiger partial charge in [-0.3, -0.25) is 14.4 Å². The number of amides is 1. The van der Waals surface area contributed by atoms with Crippen molar-refractivity contribution in [1.29, 1.82) is 0 Å². The van der Waals surface area contributed by atoms with Crippen molar-refractivity contribution in [3.05, 3.63) is 84.4 Å². The van der Waals surface area contributed by atoms with Crippen molar-refractivity contribution in [1.82, 2.24) is 4.90 Å². The first kappa shape index (κ1) is 23.4. The smallest absolute Gasteiger partial charge is 0.261 e. The third-order valence-electron chi connectivity index (χ3n) is 6.51. The molecule has 0 radical (unpaired) electrons. The normalized spacial score (nSPS) is 16.6. The van der Waals surface area contributed by atoms with Crippen molar-refractivity contribution in [2.45, 2.75) is 17.7 Å². The van der Waals surface area contributed by atoms with E-state index in [2.05, 4.69) is 25.9 Å². The minimum Gasteiger partial charge on any atom is -0.369 e. The van der Waals surface area contributed by atoms with E-state index in [1.54, 1.807) is 24.3 Å². The second kappa shape index (κ2) is 10.1. The molecular formula is C27H30N4O3S. The minimum absolute atomic E-state index is 0.0979. The predicted octanol–water partition coefficient (Wildman–Crippen LogP) is 4.27. The van der Waals surface area contributed by atoms with Gasteiger partial charge in [-0.25, -0.2) is 8.42 Å². The van der Waals surface area contributed by atoms with E-state index in [-0.39, 0.29) is 10.8 Å². The molecule has 1 aliphatic carbocycles. The van der Waals surface area contributed by atoms with Crippen LogP contribution in [0.25, 0.3) is 0 Å². The molecule has 1 saturated carbocycles. The number of carbonyl (C=O) groups excluding carboxylic acids is 1. The molecular weight excluding hydrogens is 460 g/mol. The van der Waals surface area contributed by atoms with Crippen molar-refractivity contribution < 1.29 is 13.2 Å². The maximum absolute atomic E-state index is 12.8. The third-order valence-corrected chi connectivity index (χ3v) is 7.90. The molecule has 1 amide bonds. The van der Waals surface area contributed by atoms with Gasteiger partial charge in [0, 0.05) is 55.3 Å². The molecule has 0 unspecified atom stereocenters. The summed E-state index contributed by atoms with van der Waals surface area (Å²) < 4.78 is 27.8. The monoisotopic (exact) mass is 490 g/mol. The fourth-order valence-corrected chi connectivity index (χ4v) is 5.40. The summed E-state index contributed by atoms with van der Waals surface area (Å²) in [7, 11) is -3.73. The maximum atomic E-state index is 12.8. The van der Waals surface area contributed by atoms with Crippen LogP contribution in [-0.4, -0.2) is 51.9 Å². The lowest BCUT2D eigenvalue weighted by Gasteiger charge is -2.36. The highest BCUT2D eigenvalue weighted by atomic mass is 32.2. The molecule has 5 rings (SSSR count). The molecule has 35 heavy (non-hydrogen) atoms. The quantitative estimate of drug-likeness (QED) is 0.493. The highest BCUT2D eigenvalue weighted by molar-refractivity contribution is 7.92. The fourth-order valence-electron chi connectivity index (χ4n) is 4.34. The number of nitrogens with one attached hydrogen (secondary N) is 2. The van der Waals surface area contributed by atoms with Gasteiger partial charge in [0.1, 0.15) is 0 Å². The second-order valence-electron chi connectivity index (χ2n) is 9.23. The second-order valence-corrected chi connectivity index (χ2v) is 10.9. The SMILES string of the molecule is O=C(Nc1cccc(N2CCN(CC3CC3)CC2)c1)c1ccc(S(=O)(=O)Nc2ccccc2)cc1. The molecule has 1 aliphatic heterocycles. The summed E-state index contributed by atoms with van der Waals surface area (Å²) in [5.74, 6) is 0.630. The summed E-state index contributed by atoms with van der Waals surface area (Å²) in [5, 5.41) is 2.94. The first-order valence-electron chi connectivity index (χ1n) is 12.0. The Kier molecular flexibility index (Phi) is 6.74. The van der Waals surface area contributed by atoms with Crippen LogP contribution in [0.5, 0.6) is 0 Å². The number of anilines is 3. The Morgan fingerprint density at radius 1 is 0.829 bits per heavy atom. The van der Waals surface area contributed by atoms with E-state index >= 15 is 0 Å². The van der Waals surface area contributed by atoms with Gasteiger partial charge in [0.25, 0.3) is 15.9 Å². The predicted molar refractivity (Wildman–Crippen MR) is 139 cm³/mol. The van der Waals surface area contributed by atoms with Gasteiger partial charge in [-0.1, -0.05) is 24.3 Å². The van der Waals surface area contributed by atoms with Gasteiger partial charge in [-0.2, -0.15) is 0 Å². The van der Waals surface area contributed by atoms with Gasteiger partial charge in [0.15, 0.2) is 0 Å². The summed E-state index contributed by atoms with van der Waals surface area (Å²) >= 11 is 0. The molecule has 2 aliphatic rings. The van der Waals surface area contributed by atoms with Gasteiger partial charge in [0.2, 0.25) is 0 Å². The Labute approximate surface area is 206 Å². The van der Waals surface area contributed by atoms with Crippen LogP contribution in [0, 0.1) is 5.92 Å². The Morgan fingerprint density at radius 3 is 2.20 bits per heavy atom. The lowest BCUT2D eigenvalue weighted by Crippen LogP contribution is -2.47. The number of para-hydroxylation sites is 1. The lowest BCUT2D eigenvalue weighted by molar-refractivity contribution is 0.102. The number of benzene rings is 3. The molecule has 1 heterocycles. The van der Waals surface area contributed by atoms with Crippen LogP contribution in [0.15, 0.2) is 83.8 Å². The Bertz CT molecular complexity index is 1270. The topological polar surface area (TPSA) is 81.8 Å². The number of piperazine rings is 1. The molecule has 0 spiro atoms. The largest absolute Gasteiger partial charge is 0.369 e. The van der Waals surface area contributed by atoms with Crippen molar-refractivity contribution in [3.8, 4) is 0 Å². The highest BCUT2D eigenvalue weighted by Gasteiger charge is 2.26. The van der Waals surface area contributed by atoms with Gasteiger partial charge in [-0.05, 0) is 73.4 Å². The van der Waals surface area contributed by atoms with E-state index in [0.29, 0.717) is 11.3 Å². The number of carbonyl (C=O) groups is 1. The molecule has 0 aromatic heterocycles. The molecule has 0 atom stereocenters. The number of rotatable bonds is 8. The van der Waals surface area contributed by atoms with Crippen LogP contribution in [0.1, 0.15) is 23.2 Å². The van der Waals surface area contributed by atoms with Crippen molar-refractivity contribution in [2.75, 3.05) is 47.7 Å². The van der Waals surface area contributed by atoms with Crippen LogP contribution >= 0.6 is 0 Å².